The van der Waals surface area contributed by atoms with Crippen molar-refractivity contribution in [1.29, 1.82) is 0 Å². The van der Waals surface area contributed by atoms with Crippen LogP contribution < -0.4 is 14.8 Å². The molecule has 22 heavy (non-hydrogen) atoms. The van der Waals surface area contributed by atoms with Crippen molar-refractivity contribution >= 4 is 5.96 Å². The second kappa shape index (κ2) is 9.92. The number of hydrogen-bond acceptors (Lipinski definition) is 3. The van der Waals surface area contributed by atoms with Gasteiger partial charge in [0.25, 0.3) is 0 Å². The zero-order valence-corrected chi connectivity index (χ0v) is 14.5. The molecule has 5 nitrogen and oxygen atoms in total. The van der Waals surface area contributed by atoms with Crippen LogP contribution in [0.4, 0.5) is 0 Å². The molecule has 0 saturated heterocycles. The monoisotopic (exact) mass is 307 g/mol. The Labute approximate surface area is 134 Å². The SMILES string of the molecule is CCCCN=C(NCC)N(C)Cc1ccc(OC)cc1OC. The zero-order chi connectivity index (χ0) is 16.4. The molecule has 0 amide bonds. The van der Waals surface area contributed by atoms with Gasteiger partial charge in [-0.25, -0.2) is 0 Å². The van der Waals surface area contributed by atoms with Crippen molar-refractivity contribution in [3.63, 3.8) is 0 Å². The first-order valence-electron chi connectivity index (χ1n) is 7.86. The second-order valence-electron chi connectivity index (χ2n) is 5.12. The fraction of sp³-hybridized carbons (Fsp3) is 0.588. The van der Waals surface area contributed by atoms with E-state index in [0.717, 1.165) is 55.5 Å². The van der Waals surface area contributed by atoms with E-state index < -0.39 is 0 Å². The van der Waals surface area contributed by atoms with Crippen LogP contribution in [0.15, 0.2) is 23.2 Å². The number of ether oxygens (including phenoxy) is 2. The van der Waals surface area contributed by atoms with Crippen LogP contribution in [0, 0.1) is 0 Å². The third-order valence-electron chi connectivity index (χ3n) is 3.37. The average molecular weight is 307 g/mol. The molecule has 0 saturated carbocycles. The zero-order valence-electron chi connectivity index (χ0n) is 14.5. The summed E-state index contributed by atoms with van der Waals surface area (Å²) in [7, 11) is 5.38. The van der Waals surface area contributed by atoms with Crippen LogP contribution in [-0.4, -0.2) is 45.2 Å². The summed E-state index contributed by atoms with van der Waals surface area (Å²) >= 11 is 0. The minimum absolute atomic E-state index is 0.727. The van der Waals surface area contributed by atoms with Crippen LogP contribution in [0.5, 0.6) is 11.5 Å². The van der Waals surface area contributed by atoms with Crippen LogP contribution in [0.1, 0.15) is 32.3 Å². The molecule has 0 atom stereocenters. The summed E-state index contributed by atoms with van der Waals surface area (Å²) in [6.07, 6.45) is 2.26. The maximum atomic E-state index is 5.46. The smallest absolute Gasteiger partial charge is 0.193 e. The van der Waals surface area contributed by atoms with Gasteiger partial charge in [0.2, 0.25) is 0 Å². The Morgan fingerprint density at radius 3 is 2.59 bits per heavy atom. The Hall–Kier alpha value is -1.91. The minimum atomic E-state index is 0.727. The number of guanidine groups is 1. The Balaban J connectivity index is 2.83. The molecule has 0 radical (unpaired) electrons. The molecule has 1 aromatic carbocycles. The summed E-state index contributed by atoms with van der Waals surface area (Å²) in [6.45, 7) is 6.69. The van der Waals surface area contributed by atoms with E-state index in [1.807, 2.05) is 25.2 Å². The molecule has 1 rings (SSSR count). The maximum absolute atomic E-state index is 5.46. The number of rotatable bonds is 8. The number of aliphatic imine (C=N–C) groups is 1. The van der Waals surface area contributed by atoms with Crippen LogP contribution in [0.3, 0.4) is 0 Å². The first-order valence-corrected chi connectivity index (χ1v) is 7.86. The second-order valence-corrected chi connectivity index (χ2v) is 5.12. The molecular formula is C17H29N3O2. The predicted molar refractivity (Wildman–Crippen MR) is 91.9 cm³/mol. The number of benzene rings is 1. The first kappa shape index (κ1) is 18.1. The fourth-order valence-corrected chi connectivity index (χ4v) is 2.13. The lowest BCUT2D eigenvalue weighted by Gasteiger charge is -2.23. The first-order chi connectivity index (χ1) is 10.7. The molecule has 0 aromatic heterocycles. The van der Waals surface area contributed by atoms with Gasteiger partial charge < -0.3 is 19.7 Å². The quantitative estimate of drug-likeness (QED) is 0.456. The topological polar surface area (TPSA) is 46.1 Å². The summed E-state index contributed by atoms with van der Waals surface area (Å²) in [5, 5.41) is 3.33. The van der Waals surface area contributed by atoms with E-state index in [-0.39, 0.29) is 0 Å². The van der Waals surface area contributed by atoms with Crippen molar-refractivity contribution in [2.75, 3.05) is 34.4 Å². The number of unbranched alkanes of at least 4 members (excludes halogenated alkanes) is 1. The summed E-state index contributed by atoms with van der Waals surface area (Å²) in [4.78, 5) is 6.77. The van der Waals surface area contributed by atoms with Crippen molar-refractivity contribution in [2.45, 2.75) is 33.2 Å². The largest absolute Gasteiger partial charge is 0.497 e. The predicted octanol–water partition coefficient (Wildman–Crippen LogP) is 2.90. The highest BCUT2D eigenvalue weighted by Gasteiger charge is 2.11. The molecular weight excluding hydrogens is 278 g/mol. The fourth-order valence-electron chi connectivity index (χ4n) is 2.13. The van der Waals surface area contributed by atoms with E-state index in [4.69, 9.17) is 9.47 Å². The molecule has 124 valence electrons. The van der Waals surface area contributed by atoms with Gasteiger partial charge in [-0.15, -0.1) is 0 Å². The van der Waals surface area contributed by atoms with E-state index in [1.54, 1.807) is 14.2 Å². The van der Waals surface area contributed by atoms with Gasteiger partial charge >= 0.3 is 0 Å². The molecule has 0 aliphatic heterocycles. The van der Waals surface area contributed by atoms with Crippen molar-refractivity contribution in [1.82, 2.24) is 10.2 Å². The van der Waals surface area contributed by atoms with Gasteiger partial charge in [0.15, 0.2) is 5.96 Å². The van der Waals surface area contributed by atoms with E-state index in [0.29, 0.717) is 0 Å². The molecule has 0 unspecified atom stereocenters. The van der Waals surface area contributed by atoms with Gasteiger partial charge in [-0.05, 0) is 25.5 Å². The van der Waals surface area contributed by atoms with E-state index in [1.165, 1.54) is 0 Å². The van der Waals surface area contributed by atoms with Crippen LogP contribution >= 0.6 is 0 Å². The maximum Gasteiger partial charge on any atom is 0.193 e. The van der Waals surface area contributed by atoms with Crippen LogP contribution in [-0.2, 0) is 6.54 Å². The van der Waals surface area contributed by atoms with Crippen LogP contribution in [0.25, 0.3) is 0 Å². The lowest BCUT2D eigenvalue weighted by Crippen LogP contribution is -2.38. The molecule has 1 aromatic rings. The molecule has 1 N–H and O–H groups in total. The summed E-state index contributed by atoms with van der Waals surface area (Å²) in [6, 6.07) is 5.89. The van der Waals surface area contributed by atoms with E-state index >= 15 is 0 Å². The Morgan fingerprint density at radius 2 is 2.00 bits per heavy atom. The normalized spacial score (nSPS) is 11.2. The molecule has 5 heteroatoms. The Bertz CT molecular complexity index is 475. The summed E-state index contributed by atoms with van der Waals surface area (Å²) < 4.78 is 10.7. The highest BCUT2D eigenvalue weighted by Crippen LogP contribution is 2.25. The van der Waals surface area contributed by atoms with Gasteiger partial charge in [0.1, 0.15) is 11.5 Å². The highest BCUT2D eigenvalue weighted by molar-refractivity contribution is 5.79. The molecule has 0 fully saturated rings. The third kappa shape index (κ3) is 5.47. The van der Waals surface area contributed by atoms with Gasteiger partial charge in [0.05, 0.1) is 14.2 Å². The third-order valence-corrected chi connectivity index (χ3v) is 3.37. The standard InChI is InChI=1S/C17H29N3O2/c1-6-8-11-19-17(18-7-2)20(3)13-14-9-10-15(21-4)12-16(14)22-5/h9-10,12H,6-8,11,13H2,1-5H3,(H,18,19). The molecule has 0 aliphatic rings. The molecule has 0 spiro atoms. The summed E-state index contributed by atoms with van der Waals surface area (Å²) in [5.41, 5.74) is 1.10. The van der Waals surface area contributed by atoms with Gasteiger partial charge in [-0.2, -0.15) is 0 Å². The van der Waals surface area contributed by atoms with Gasteiger partial charge in [0, 0.05) is 38.3 Å². The number of nitrogens with one attached hydrogen (secondary N) is 1. The Kier molecular flexibility index (Phi) is 8.18. The van der Waals surface area contributed by atoms with Crippen molar-refractivity contribution in [3.05, 3.63) is 23.8 Å². The van der Waals surface area contributed by atoms with Gasteiger partial charge in [-0.3, -0.25) is 4.99 Å². The minimum Gasteiger partial charge on any atom is -0.497 e. The average Bonchev–Trinajstić information content (AvgIpc) is 2.54. The Morgan fingerprint density at radius 1 is 1.23 bits per heavy atom. The van der Waals surface area contributed by atoms with Crippen molar-refractivity contribution in [2.24, 2.45) is 4.99 Å². The lowest BCUT2D eigenvalue weighted by molar-refractivity contribution is 0.382. The molecule has 0 heterocycles. The number of hydrogen-bond donors (Lipinski definition) is 1. The van der Waals surface area contributed by atoms with Crippen molar-refractivity contribution < 1.29 is 9.47 Å². The lowest BCUT2D eigenvalue weighted by atomic mass is 10.2. The van der Waals surface area contributed by atoms with Gasteiger partial charge in [-0.1, -0.05) is 13.3 Å². The number of nitrogens with zero attached hydrogens (tertiary/aromatic N) is 2. The van der Waals surface area contributed by atoms with E-state index in [2.05, 4.69) is 29.1 Å². The molecule has 0 aliphatic carbocycles. The highest BCUT2D eigenvalue weighted by atomic mass is 16.5. The summed E-state index contributed by atoms with van der Waals surface area (Å²) in [5.74, 6) is 2.55. The van der Waals surface area contributed by atoms with Crippen LogP contribution in [0.2, 0.25) is 0 Å². The van der Waals surface area contributed by atoms with E-state index in [9.17, 15) is 0 Å². The molecule has 0 bridgehead atoms. The number of methoxy groups -OCH3 is 2. The van der Waals surface area contributed by atoms with Crippen molar-refractivity contribution in [3.8, 4) is 11.5 Å².